The Labute approximate surface area is 92.3 Å². The maximum absolute atomic E-state index is 5.86. The second-order valence-electron chi connectivity index (χ2n) is 5.53. The topological polar surface area (TPSA) is 59.6 Å². The zero-order valence-corrected chi connectivity index (χ0v) is 10.3. The average molecular weight is 213 g/mol. The van der Waals surface area contributed by atoms with Gasteiger partial charge in [-0.05, 0) is 40.5 Å². The molecule has 0 amide bonds. The third-order valence-corrected chi connectivity index (χ3v) is 2.31. The van der Waals surface area contributed by atoms with Crippen molar-refractivity contribution in [1.29, 1.82) is 0 Å². The first kappa shape index (κ1) is 12.3. The summed E-state index contributed by atoms with van der Waals surface area (Å²) in [6.45, 7) is 9.79. The first-order valence-electron chi connectivity index (χ1n) is 5.52. The van der Waals surface area contributed by atoms with Crippen molar-refractivity contribution in [3.05, 3.63) is 0 Å². The van der Waals surface area contributed by atoms with Crippen LogP contribution in [0.15, 0.2) is 4.99 Å². The summed E-state index contributed by atoms with van der Waals surface area (Å²) in [4.78, 5) is 4.51. The molecule has 1 rings (SSSR count). The van der Waals surface area contributed by atoms with Gasteiger partial charge in [0.25, 0.3) is 0 Å². The van der Waals surface area contributed by atoms with E-state index >= 15 is 0 Å². The quantitative estimate of drug-likeness (QED) is 0.509. The molecule has 0 aromatic heterocycles. The van der Waals surface area contributed by atoms with E-state index in [1.165, 1.54) is 0 Å². The molecule has 0 aromatic carbocycles. The average Bonchev–Trinajstić information content (AvgIpc) is 1.99. The number of nitrogens with one attached hydrogen (secondary N) is 1. The van der Waals surface area contributed by atoms with Crippen LogP contribution in [-0.2, 0) is 4.74 Å². The second-order valence-corrected chi connectivity index (χ2v) is 5.53. The SMILES string of the molecule is CC1(N=C(N)NC(C)(C)C)CCCOC1. The van der Waals surface area contributed by atoms with Crippen molar-refractivity contribution >= 4 is 5.96 Å². The second kappa shape index (κ2) is 4.39. The van der Waals surface area contributed by atoms with Gasteiger partial charge in [0.1, 0.15) is 0 Å². The van der Waals surface area contributed by atoms with E-state index in [4.69, 9.17) is 10.5 Å². The van der Waals surface area contributed by atoms with Gasteiger partial charge in [0.05, 0.1) is 12.1 Å². The van der Waals surface area contributed by atoms with Gasteiger partial charge < -0.3 is 15.8 Å². The first-order chi connectivity index (χ1) is 6.81. The predicted molar refractivity (Wildman–Crippen MR) is 63.0 cm³/mol. The van der Waals surface area contributed by atoms with Crippen molar-refractivity contribution in [2.24, 2.45) is 10.7 Å². The fraction of sp³-hybridized carbons (Fsp3) is 0.909. The minimum Gasteiger partial charge on any atom is -0.379 e. The summed E-state index contributed by atoms with van der Waals surface area (Å²) in [6, 6.07) is 0. The highest BCUT2D eigenvalue weighted by Gasteiger charge is 2.27. The molecule has 1 atom stereocenters. The molecule has 3 N–H and O–H groups in total. The molecule has 0 aromatic rings. The minimum absolute atomic E-state index is 0.0422. The number of hydrogen-bond donors (Lipinski definition) is 2. The van der Waals surface area contributed by atoms with Gasteiger partial charge in [-0.2, -0.15) is 0 Å². The van der Waals surface area contributed by atoms with E-state index in [2.05, 4.69) is 38.0 Å². The zero-order chi connectivity index (χ0) is 11.5. The lowest BCUT2D eigenvalue weighted by Gasteiger charge is -2.31. The summed E-state index contributed by atoms with van der Waals surface area (Å²) >= 11 is 0. The summed E-state index contributed by atoms with van der Waals surface area (Å²) < 4.78 is 5.43. The number of hydrogen-bond acceptors (Lipinski definition) is 2. The van der Waals surface area contributed by atoms with Crippen molar-refractivity contribution in [3.8, 4) is 0 Å². The molecule has 88 valence electrons. The van der Waals surface area contributed by atoms with Crippen molar-refractivity contribution in [3.63, 3.8) is 0 Å². The molecule has 1 aliphatic rings. The van der Waals surface area contributed by atoms with Crippen LogP contribution in [-0.4, -0.2) is 30.3 Å². The monoisotopic (exact) mass is 213 g/mol. The number of guanidine groups is 1. The molecule has 4 heteroatoms. The van der Waals surface area contributed by atoms with E-state index in [0.29, 0.717) is 12.6 Å². The van der Waals surface area contributed by atoms with Crippen LogP contribution in [0.1, 0.15) is 40.5 Å². The Morgan fingerprint density at radius 3 is 2.60 bits per heavy atom. The van der Waals surface area contributed by atoms with Crippen molar-refractivity contribution in [2.45, 2.75) is 51.6 Å². The lowest BCUT2D eigenvalue weighted by Crippen LogP contribution is -2.47. The van der Waals surface area contributed by atoms with Crippen LogP contribution < -0.4 is 11.1 Å². The Morgan fingerprint density at radius 1 is 1.47 bits per heavy atom. The van der Waals surface area contributed by atoms with Gasteiger partial charge in [0, 0.05) is 12.1 Å². The number of nitrogens with two attached hydrogens (primary N) is 1. The molecule has 0 bridgehead atoms. The molecule has 0 radical (unpaired) electrons. The lowest BCUT2D eigenvalue weighted by molar-refractivity contribution is 0.0466. The molecule has 15 heavy (non-hydrogen) atoms. The highest BCUT2D eigenvalue weighted by molar-refractivity contribution is 5.79. The van der Waals surface area contributed by atoms with Gasteiger partial charge in [-0.3, -0.25) is 0 Å². The zero-order valence-electron chi connectivity index (χ0n) is 10.3. The fourth-order valence-electron chi connectivity index (χ4n) is 1.71. The Morgan fingerprint density at radius 2 is 2.13 bits per heavy atom. The van der Waals surface area contributed by atoms with Crippen LogP contribution >= 0.6 is 0 Å². The van der Waals surface area contributed by atoms with Gasteiger partial charge in [-0.25, -0.2) is 4.99 Å². The molecule has 0 spiro atoms. The van der Waals surface area contributed by atoms with Crippen LogP contribution in [0.2, 0.25) is 0 Å². The molecule has 1 fully saturated rings. The highest BCUT2D eigenvalue weighted by atomic mass is 16.5. The summed E-state index contributed by atoms with van der Waals surface area (Å²) in [5.41, 5.74) is 5.66. The maximum atomic E-state index is 5.86. The van der Waals surface area contributed by atoms with Crippen molar-refractivity contribution < 1.29 is 4.74 Å². The Bertz CT molecular complexity index is 237. The molecule has 0 aliphatic carbocycles. The highest BCUT2D eigenvalue weighted by Crippen LogP contribution is 2.22. The van der Waals surface area contributed by atoms with Gasteiger partial charge in [0.15, 0.2) is 5.96 Å². The summed E-state index contributed by atoms with van der Waals surface area (Å²) in [5.74, 6) is 0.510. The summed E-state index contributed by atoms with van der Waals surface area (Å²) in [6.07, 6.45) is 2.10. The van der Waals surface area contributed by atoms with Crippen LogP contribution in [0.25, 0.3) is 0 Å². The molecular formula is C11H23N3O. The van der Waals surface area contributed by atoms with E-state index in [-0.39, 0.29) is 11.1 Å². The van der Waals surface area contributed by atoms with Crippen LogP contribution in [0.5, 0.6) is 0 Å². The normalized spacial score (nSPS) is 28.9. The minimum atomic E-state index is -0.152. The van der Waals surface area contributed by atoms with E-state index in [1.807, 2.05) is 0 Å². The van der Waals surface area contributed by atoms with Crippen molar-refractivity contribution in [1.82, 2.24) is 5.32 Å². The smallest absolute Gasteiger partial charge is 0.189 e. The van der Waals surface area contributed by atoms with Crippen LogP contribution in [0, 0.1) is 0 Å². The van der Waals surface area contributed by atoms with E-state index in [9.17, 15) is 0 Å². The predicted octanol–water partition coefficient (Wildman–Crippen LogP) is 1.26. The Hall–Kier alpha value is -0.770. The van der Waals surface area contributed by atoms with Gasteiger partial charge in [-0.1, -0.05) is 0 Å². The maximum Gasteiger partial charge on any atom is 0.189 e. The van der Waals surface area contributed by atoms with Crippen LogP contribution in [0.3, 0.4) is 0 Å². The van der Waals surface area contributed by atoms with Crippen LogP contribution in [0.4, 0.5) is 0 Å². The largest absolute Gasteiger partial charge is 0.379 e. The molecule has 1 heterocycles. The molecule has 1 aliphatic heterocycles. The number of nitrogens with zero attached hydrogens (tertiary/aromatic N) is 1. The third-order valence-electron chi connectivity index (χ3n) is 2.31. The van der Waals surface area contributed by atoms with Crippen molar-refractivity contribution in [2.75, 3.05) is 13.2 Å². The lowest BCUT2D eigenvalue weighted by atomic mass is 9.96. The molecule has 0 saturated carbocycles. The summed E-state index contributed by atoms with van der Waals surface area (Å²) in [5, 5.41) is 3.16. The molecule has 1 saturated heterocycles. The van der Waals surface area contributed by atoms with E-state index < -0.39 is 0 Å². The van der Waals surface area contributed by atoms with E-state index in [1.54, 1.807) is 0 Å². The number of rotatable bonds is 1. The summed E-state index contributed by atoms with van der Waals surface area (Å²) in [7, 11) is 0. The van der Waals surface area contributed by atoms with E-state index in [0.717, 1.165) is 19.4 Å². The fourth-order valence-corrected chi connectivity index (χ4v) is 1.71. The molecule has 1 unspecified atom stereocenters. The van der Waals surface area contributed by atoms with Gasteiger partial charge in [-0.15, -0.1) is 0 Å². The molecule has 4 nitrogen and oxygen atoms in total. The number of ether oxygens (including phenoxy) is 1. The van der Waals surface area contributed by atoms with Gasteiger partial charge in [0.2, 0.25) is 0 Å². The standard InChI is InChI=1S/C11H23N3O/c1-10(2,3)13-9(12)14-11(4)6-5-7-15-8-11/h5-8H2,1-4H3,(H3,12,13,14). The first-order valence-corrected chi connectivity index (χ1v) is 5.52. The molecular weight excluding hydrogens is 190 g/mol. The third kappa shape index (κ3) is 4.51. The Kier molecular flexibility index (Phi) is 3.60. The van der Waals surface area contributed by atoms with Gasteiger partial charge >= 0.3 is 0 Å². The Balaban J connectivity index is 2.60. The number of aliphatic imine (C=N–C) groups is 1.